The van der Waals surface area contributed by atoms with Crippen molar-refractivity contribution in [3.63, 3.8) is 0 Å². The van der Waals surface area contributed by atoms with E-state index in [1.807, 2.05) is 24.3 Å². The molecule has 1 aromatic carbocycles. The molecular weight excluding hydrogens is 304 g/mol. The molecule has 1 saturated heterocycles. The molecule has 0 spiro atoms. The maximum atomic E-state index is 13.0. The van der Waals surface area contributed by atoms with Crippen molar-refractivity contribution in [1.29, 1.82) is 0 Å². The number of rotatable bonds is 3. The number of amides is 2. The Morgan fingerprint density at radius 1 is 1.27 bits per heavy atom. The molecule has 0 bridgehead atoms. The van der Waals surface area contributed by atoms with Gasteiger partial charge in [0.1, 0.15) is 0 Å². The first kappa shape index (κ1) is 15.3. The standard InChI is InChI=1S/C16H19ClN2O3/c17-12-4-2-11(3-5-12)16(6-1-7-16)15(21)19-8-9-22-13(10-19)14(18)20/h2-5,13H,1,6-10H2,(H2,18,20). The molecule has 118 valence electrons. The summed E-state index contributed by atoms with van der Waals surface area (Å²) >= 11 is 5.94. The van der Waals surface area contributed by atoms with Crippen molar-refractivity contribution in [2.24, 2.45) is 5.73 Å². The summed E-state index contributed by atoms with van der Waals surface area (Å²) in [5.41, 5.74) is 5.81. The Labute approximate surface area is 134 Å². The van der Waals surface area contributed by atoms with E-state index < -0.39 is 17.4 Å². The maximum Gasteiger partial charge on any atom is 0.248 e. The number of nitrogens with zero attached hydrogens (tertiary/aromatic N) is 1. The first-order chi connectivity index (χ1) is 10.5. The molecule has 2 aliphatic rings. The Kier molecular flexibility index (Phi) is 4.10. The lowest BCUT2D eigenvalue weighted by Gasteiger charge is -2.45. The first-order valence-electron chi connectivity index (χ1n) is 7.49. The van der Waals surface area contributed by atoms with Gasteiger partial charge in [0.25, 0.3) is 0 Å². The third kappa shape index (κ3) is 2.59. The van der Waals surface area contributed by atoms with Crippen molar-refractivity contribution in [2.75, 3.05) is 19.7 Å². The van der Waals surface area contributed by atoms with Crippen LogP contribution in [-0.4, -0.2) is 42.5 Å². The van der Waals surface area contributed by atoms with Crippen molar-refractivity contribution in [3.8, 4) is 0 Å². The molecule has 2 fully saturated rings. The van der Waals surface area contributed by atoms with Crippen LogP contribution in [0.3, 0.4) is 0 Å². The zero-order valence-electron chi connectivity index (χ0n) is 12.3. The van der Waals surface area contributed by atoms with Crippen LogP contribution in [0, 0.1) is 0 Å². The molecule has 22 heavy (non-hydrogen) atoms. The van der Waals surface area contributed by atoms with Crippen LogP contribution in [0.2, 0.25) is 5.02 Å². The van der Waals surface area contributed by atoms with Gasteiger partial charge >= 0.3 is 0 Å². The smallest absolute Gasteiger partial charge is 0.248 e. The van der Waals surface area contributed by atoms with Gasteiger partial charge in [-0.2, -0.15) is 0 Å². The topological polar surface area (TPSA) is 72.6 Å². The molecule has 0 aromatic heterocycles. The number of morpholine rings is 1. The summed E-state index contributed by atoms with van der Waals surface area (Å²) in [6.45, 7) is 1.08. The van der Waals surface area contributed by atoms with Crippen molar-refractivity contribution < 1.29 is 14.3 Å². The predicted octanol–water partition coefficient (Wildman–Crippen LogP) is 1.47. The van der Waals surface area contributed by atoms with Crippen molar-refractivity contribution in [2.45, 2.75) is 30.8 Å². The molecule has 1 saturated carbocycles. The SMILES string of the molecule is NC(=O)C1CN(C(=O)C2(c3ccc(Cl)cc3)CCC2)CCO1. The molecule has 2 amide bonds. The highest BCUT2D eigenvalue weighted by molar-refractivity contribution is 6.30. The fourth-order valence-corrected chi connectivity index (χ4v) is 3.36. The average molecular weight is 323 g/mol. The van der Waals surface area contributed by atoms with E-state index in [1.54, 1.807) is 4.90 Å². The highest BCUT2D eigenvalue weighted by Crippen LogP contribution is 2.45. The lowest BCUT2D eigenvalue weighted by atomic mass is 9.63. The van der Waals surface area contributed by atoms with E-state index in [1.165, 1.54) is 0 Å². The minimum Gasteiger partial charge on any atom is -0.367 e. The second-order valence-electron chi connectivity index (χ2n) is 5.96. The molecule has 1 atom stereocenters. The average Bonchev–Trinajstić information content (AvgIpc) is 2.48. The Balaban J connectivity index is 1.82. The van der Waals surface area contributed by atoms with Crippen LogP contribution in [0.15, 0.2) is 24.3 Å². The lowest BCUT2D eigenvalue weighted by molar-refractivity contribution is -0.152. The zero-order valence-corrected chi connectivity index (χ0v) is 13.0. The molecular formula is C16H19ClN2O3. The summed E-state index contributed by atoms with van der Waals surface area (Å²) in [6, 6.07) is 7.47. The van der Waals surface area contributed by atoms with E-state index in [-0.39, 0.29) is 12.5 Å². The first-order valence-corrected chi connectivity index (χ1v) is 7.87. The maximum absolute atomic E-state index is 13.0. The summed E-state index contributed by atoms with van der Waals surface area (Å²) in [5, 5.41) is 0.658. The highest BCUT2D eigenvalue weighted by atomic mass is 35.5. The number of hydrogen-bond donors (Lipinski definition) is 1. The van der Waals surface area contributed by atoms with E-state index in [9.17, 15) is 9.59 Å². The quantitative estimate of drug-likeness (QED) is 0.916. The Bertz CT molecular complexity index is 584. The van der Waals surface area contributed by atoms with E-state index in [2.05, 4.69) is 0 Å². The Morgan fingerprint density at radius 2 is 1.95 bits per heavy atom. The number of benzene rings is 1. The van der Waals surface area contributed by atoms with Gasteiger partial charge in [0.15, 0.2) is 6.10 Å². The van der Waals surface area contributed by atoms with Crippen LogP contribution in [-0.2, 0) is 19.7 Å². The van der Waals surface area contributed by atoms with Gasteiger partial charge in [0.2, 0.25) is 11.8 Å². The molecule has 5 nitrogen and oxygen atoms in total. The van der Waals surface area contributed by atoms with E-state index in [0.717, 1.165) is 24.8 Å². The molecule has 1 aliphatic heterocycles. The van der Waals surface area contributed by atoms with Crippen molar-refractivity contribution >= 4 is 23.4 Å². The summed E-state index contributed by atoms with van der Waals surface area (Å²) in [4.78, 5) is 26.1. The normalized spacial score (nSPS) is 23.7. The number of halogens is 1. The molecule has 1 heterocycles. The number of nitrogens with two attached hydrogens (primary N) is 1. The van der Waals surface area contributed by atoms with Crippen molar-refractivity contribution in [1.82, 2.24) is 4.90 Å². The molecule has 2 N–H and O–H groups in total. The predicted molar refractivity (Wildman–Crippen MR) is 82.5 cm³/mol. The van der Waals surface area contributed by atoms with Crippen LogP contribution in [0.5, 0.6) is 0 Å². The fourth-order valence-electron chi connectivity index (χ4n) is 3.23. The molecule has 1 aliphatic carbocycles. The van der Waals surface area contributed by atoms with Crippen LogP contribution in [0.4, 0.5) is 0 Å². The van der Waals surface area contributed by atoms with Gasteiger partial charge in [-0.1, -0.05) is 30.2 Å². The van der Waals surface area contributed by atoms with Crippen LogP contribution >= 0.6 is 11.6 Å². The summed E-state index contributed by atoms with van der Waals surface area (Å²) in [6.07, 6.45) is 1.97. The van der Waals surface area contributed by atoms with Crippen LogP contribution in [0.1, 0.15) is 24.8 Å². The molecule has 3 rings (SSSR count). The molecule has 6 heteroatoms. The largest absolute Gasteiger partial charge is 0.367 e. The van der Waals surface area contributed by atoms with Crippen LogP contribution in [0.25, 0.3) is 0 Å². The number of hydrogen-bond acceptors (Lipinski definition) is 3. The van der Waals surface area contributed by atoms with Gasteiger partial charge in [0.05, 0.1) is 18.6 Å². The molecule has 1 unspecified atom stereocenters. The van der Waals surface area contributed by atoms with E-state index in [0.29, 0.717) is 18.2 Å². The number of carbonyl (C=O) groups excluding carboxylic acids is 2. The Hall–Kier alpha value is -1.59. The minimum atomic E-state index is -0.708. The zero-order chi connectivity index (χ0) is 15.7. The van der Waals surface area contributed by atoms with Gasteiger partial charge in [-0.25, -0.2) is 0 Å². The molecule has 0 radical (unpaired) electrons. The highest BCUT2D eigenvalue weighted by Gasteiger charge is 2.48. The number of ether oxygens (including phenoxy) is 1. The Morgan fingerprint density at radius 3 is 2.50 bits per heavy atom. The fraction of sp³-hybridized carbons (Fsp3) is 0.500. The monoisotopic (exact) mass is 322 g/mol. The van der Waals surface area contributed by atoms with E-state index >= 15 is 0 Å². The van der Waals surface area contributed by atoms with Crippen molar-refractivity contribution in [3.05, 3.63) is 34.9 Å². The van der Waals surface area contributed by atoms with Gasteiger partial charge in [-0.05, 0) is 30.5 Å². The lowest BCUT2D eigenvalue weighted by Crippen LogP contribution is -2.57. The number of primary amides is 1. The number of carbonyl (C=O) groups is 2. The summed E-state index contributed by atoms with van der Waals surface area (Å²) in [7, 11) is 0. The second kappa shape index (κ2) is 5.89. The summed E-state index contributed by atoms with van der Waals surface area (Å²) in [5.74, 6) is -0.456. The van der Waals surface area contributed by atoms with Gasteiger partial charge in [-0.15, -0.1) is 0 Å². The summed E-state index contributed by atoms with van der Waals surface area (Å²) < 4.78 is 5.32. The third-order valence-corrected chi connectivity index (χ3v) is 4.94. The minimum absolute atomic E-state index is 0.0654. The van der Waals surface area contributed by atoms with Gasteiger partial charge < -0.3 is 15.4 Å². The molecule has 1 aromatic rings. The van der Waals surface area contributed by atoms with Crippen LogP contribution < -0.4 is 5.73 Å². The van der Waals surface area contributed by atoms with Gasteiger partial charge in [0, 0.05) is 11.6 Å². The van der Waals surface area contributed by atoms with Gasteiger partial charge in [-0.3, -0.25) is 9.59 Å². The second-order valence-corrected chi connectivity index (χ2v) is 6.39. The van der Waals surface area contributed by atoms with E-state index in [4.69, 9.17) is 22.1 Å². The third-order valence-electron chi connectivity index (χ3n) is 4.68.